The Morgan fingerprint density at radius 1 is 1.17 bits per heavy atom. The van der Waals surface area contributed by atoms with Gasteiger partial charge in [-0.15, -0.1) is 0 Å². The molecule has 0 aliphatic rings. The molecule has 2 N–H and O–H groups in total. The van der Waals surface area contributed by atoms with Crippen molar-refractivity contribution in [3.63, 3.8) is 0 Å². The van der Waals surface area contributed by atoms with Gasteiger partial charge >= 0.3 is 5.97 Å². The van der Waals surface area contributed by atoms with Crippen LogP contribution in [0, 0.1) is 13.8 Å². The van der Waals surface area contributed by atoms with Gasteiger partial charge in [0.15, 0.2) is 0 Å². The lowest BCUT2D eigenvalue weighted by Crippen LogP contribution is -2.21. The number of amides is 1. The summed E-state index contributed by atoms with van der Waals surface area (Å²) in [6.07, 6.45) is 0. The minimum absolute atomic E-state index is 0.00675. The Kier molecular flexibility index (Phi) is 6.30. The third-order valence-electron chi connectivity index (χ3n) is 4.41. The summed E-state index contributed by atoms with van der Waals surface area (Å²) in [5.41, 5.74) is 2.54. The number of aromatic nitrogens is 1. The summed E-state index contributed by atoms with van der Waals surface area (Å²) in [4.78, 5) is 40.6. The van der Waals surface area contributed by atoms with Crippen LogP contribution in [0.2, 0.25) is 5.02 Å². The summed E-state index contributed by atoms with van der Waals surface area (Å²) in [6, 6.07) is 10.5. The van der Waals surface area contributed by atoms with E-state index in [4.69, 9.17) is 16.3 Å². The Bertz CT molecular complexity index is 1150. The molecule has 0 unspecified atom stereocenters. The van der Waals surface area contributed by atoms with Gasteiger partial charge in [-0.05, 0) is 43.2 Å². The van der Waals surface area contributed by atoms with Crippen LogP contribution in [0.1, 0.15) is 21.5 Å². The Morgan fingerprint density at radius 3 is 2.52 bits per heavy atom. The summed E-state index contributed by atoms with van der Waals surface area (Å²) < 4.78 is 4.77. The maximum absolute atomic E-state index is 12.8. The number of rotatable bonds is 5. The first-order valence-corrected chi connectivity index (χ1v) is 10.1. The molecule has 0 saturated heterocycles. The smallest absolute Gasteiger partial charge is 0.344 e. The average molecular weight is 431 g/mol. The van der Waals surface area contributed by atoms with Crippen LogP contribution in [0.3, 0.4) is 0 Å². The van der Waals surface area contributed by atoms with Gasteiger partial charge in [0.05, 0.1) is 23.4 Å². The van der Waals surface area contributed by atoms with Crippen molar-refractivity contribution in [2.75, 3.05) is 18.2 Å². The summed E-state index contributed by atoms with van der Waals surface area (Å²) >= 11 is 7.04. The van der Waals surface area contributed by atoms with E-state index in [2.05, 4.69) is 10.3 Å². The van der Waals surface area contributed by atoms with E-state index >= 15 is 0 Å². The molecule has 3 rings (SSSR count). The number of hydrogen-bond acceptors (Lipinski definition) is 5. The number of esters is 1. The van der Waals surface area contributed by atoms with E-state index in [-0.39, 0.29) is 27.6 Å². The molecule has 3 aromatic rings. The maximum atomic E-state index is 12.8. The summed E-state index contributed by atoms with van der Waals surface area (Å²) in [5, 5.41) is 3.82. The van der Waals surface area contributed by atoms with Crippen molar-refractivity contribution in [1.82, 2.24) is 4.98 Å². The SMILES string of the molecule is COC(=O)c1c(SCC(=O)Nc2c(C)cccc2C)[nH]c2ccc(Cl)cc2c1=O. The van der Waals surface area contributed by atoms with Gasteiger partial charge in [-0.1, -0.05) is 41.6 Å². The molecule has 0 radical (unpaired) electrons. The fraction of sp³-hybridized carbons (Fsp3) is 0.190. The van der Waals surface area contributed by atoms with Crippen LogP contribution in [0.15, 0.2) is 46.2 Å². The van der Waals surface area contributed by atoms with E-state index in [1.165, 1.54) is 13.2 Å². The molecule has 0 bridgehead atoms. The first kappa shape index (κ1) is 21.0. The number of ether oxygens (including phenoxy) is 1. The van der Waals surface area contributed by atoms with Gasteiger partial charge in [0.2, 0.25) is 11.3 Å². The van der Waals surface area contributed by atoms with Crippen LogP contribution in [0.4, 0.5) is 5.69 Å². The van der Waals surface area contributed by atoms with E-state index in [0.29, 0.717) is 10.5 Å². The fourth-order valence-corrected chi connectivity index (χ4v) is 3.98. The normalized spacial score (nSPS) is 10.8. The second kappa shape index (κ2) is 8.71. The van der Waals surface area contributed by atoms with Gasteiger partial charge in [-0.2, -0.15) is 0 Å². The molecule has 0 atom stereocenters. The zero-order chi connectivity index (χ0) is 21.1. The molecular formula is C21H19ClN2O4S. The van der Waals surface area contributed by atoms with Crippen LogP contribution < -0.4 is 10.7 Å². The Labute approximate surface area is 176 Å². The van der Waals surface area contributed by atoms with E-state index in [1.807, 2.05) is 32.0 Å². The number of methoxy groups -OCH3 is 1. The minimum Gasteiger partial charge on any atom is -0.465 e. The number of halogens is 1. The highest BCUT2D eigenvalue weighted by Crippen LogP contribution is 2.25. The van der Waals surface area contributed by atoms with Crippen LogP contribution in [-0.4, -0.2) is 29.7 Å². The molecule has 6 nitrogen and oxygen atoms in total. The summed E-state index contributed by atoms with van der Waals surface area (Å²) in [6.45, 7) is 3.83. The van der Waals surface area contributed by atoms with Gasteiger partial charge in [0.1, 0.15) is 5.56 Å². The van der Waals surface area contributed by atoms with Gasteiger partial charge in [-0.25, -0.2) is 4.79 Å². The molecule has 1 aromatic heterocycles. The molecule has 0 saturated carbocycles. The van der Waals surface area contributed by atoms with Crippen molar-refractivity contribution in [2.45, 2.75) is 18.9 Å². The number of anilines is 1. The monoisotopic (exact) mass is 430 g/mol. The van der Waals surface area contributed by atoms with Crippen LogP contribution in [0.25, 0.3) is 10.9 Å². The number of nitrogens with one attached hydrogen (secondary N) is 2. The maximum Gasteiger partial charge on any atom is 0.344 e. The molecular weight excluding hydrogens is 412 g/mol. The summed E-state index contributed by atoms with van der Waals surface area (Å²) in [5.74, 6) is -1.02. The largest absolute Gasteiger partial charge is 0.465 e. The minimum atomic E-state index is -0.772. The molecule has 29 heavy (non-hydrogen) atoms. The highest BCUT2D eigenvalue weighted by atomic mass is 35.5. The first-order chi connectivity index (χ1) is 13.8. The van der Waals surface area contributed by atoms with Crippen LogP contribution in [-0.2, 0) is 9.53 Å². The van der Waals surface area contributed by atoms with Crippen molar-refractivity contribution in [3.8, 4) is 0 Å². The quantitative estimate of drug-likeness (QED) is 0.465. The zero-order valence-corrected chi connectivity index (χ0v) is 17.7. The number of carbonyl (C=O) groups excluding carboxylic acids is 2. The van der Waals surface area contributed by atoms with E-state index < -0.39 is 11.4 Å². The Balaban J connectivity index is 1.91. The number of aromatic amines is 1. The highest BCUT2D eigenvalue weighted by Gasteiger charge is 2.21. The van der Waals surface area contributed by atoms with Gasteiger partial charge < -0.3 is 15.0 Å². The van der Waals surface area contributed by atoms with Crippen molar-refractivity contribution in [3.05, 3.63) is 68.3 Å². The van der Waals surface area contributed by atoms with Crippen molar-refractivity contribution < 1.29 is 14.3 Å². The second-order valence-corrected chi connectivity index (χ2v) is 7.87. The highest BCUT2D eigenvalue weighted by molar-refractivity contribution is 8.00. The topological polar surface area (TPSA) is 88.3 Å². The van der Waals surface area contributed by atoms with Gasteiger partial charge in [-0.3, -0.25) is 9.59 Å². The van der Waals surface area contributed by atoms with Crippen molar-refractivity contribution >= 4 is 51.8 Å². The molecule has 8 heteroatoms. The van der Waals surface area contributed by atoms with Crippen LogP contribution >= 0.6 is 23.4 Å². The van der Waals surface area contributed by atoms with E-state index in [1.54, 1.807) is 12.1 Å². The Morgan fingerprint density at radius 2 is 1.86 bits per heavy atom. The third kappa shape index (κ3) is 4.46. The van der Waals surface area contributed by atoms with Gasteiger partial charge in [0.25, 0.3) is 0 Å². The molecule has 150 valence electrons. The fourth-order valence-electron chi connectivity index (χ4n) is 2.96. The number of hydrogen-bond donors (Lipinski definition) is 2. The number of carbonyl (C=O) groups is 2. The number of benzene rings is 2. The lowest BCUT2D eigenvalue weighted by molar-refractivity contribution is -0.113. The standard InChI is InChI=1S/C21H19ClN2O4S/c1-11-5-4-6-12(2)18(11)24-16(25)10-29-20-17(21(27)28-3)19(26)14-9-13(22)7-8-15(14)23-20/h4-9H,10H2,1-3H3,(H,23,26)(H,24,25). The summed E-state index contributed by atoms with van der Waals surface area (Å²) in [7, 11) is 1.20. The molecule has 2 aromatic carbocycles. The lowest BCUT2D eigenvalue weighted by Gasteiger charge is -2.12. The molecule has 1 amide bonds. The zero-order valence-electron chi connectivity index (χ0n) is 16.1. The molecule has 0 fully saturated rings. The van der Waals surface area contributed by atoms with E-state index in [0.717, 1.165) is 28.6 Å². The van der Waals surface area contributed by atoms with Crippen LogP contribution in [0.5, 0.6) is 0 Å². The number of aryl methyl sites for hydroxylation is 2. The predicted octanol–water partition coefficient (Wildman–Crippen LogP) is 4.32. The predicted molar refractivity (Wildman–Crippen MR) is 116 cm³/mol. The number of thioether (sulfide) groups is 1. The molecule has 0 aliphatic carbocycles. The number of pyridine rings is 1. The number of H-pyrrole nitrogens is 1. The van der Waals surface area contributed by atoms with E-state index in [9.17, 15) is 14.4 Å². The number of fused-ring (bicyclic) bond motifs is 1. The van der Waals surface area contributed by atoms with Crippen molar-refractivity contribution in [1.29, 1.82) is 0 Å². The second-order valence-electron chi connectivity index (χ2n) is 6.44. The third-order valence-corrected chi connectivity index (χ3v) is 5.65. The average Bonchev–Trinajstić information content (AvgIpc) is 2.69. The molecule has 0 spiro atoms. The van der Waals surface area contributed by atoms with Gasteiger partial charge in [0, 0.05) is 16.1 Å². The molecule has 1 heterocycles. The van der Waals surface area contributed by atoms with Crippen molar-refractivity contribution in [2.24, 2.45) is 0 Å². The molecule has 0 aliphatic heterocycles. The first-order valence-electron chi connectivity index (χ1n) is 8.74. The Hall–Kier alpha value is -2.77. The number of para-hydroxylation sites is 1. The lowest BCUT2D eigenvalue weighted by atomic mass is 10.1.